The summed E-state index contributed by atoms with van der Waals surface area (Å²) in [5.74, 6) is 0.549. The van der Waals surface area contributed by atoms with E-state index >= 15 is 4.79 Å². The lowest BCUT2D eigenvalue weighted by atomic mass is 10.0. The van der Waals surface area contributed by atoms with Crippen LogP contribution in [-0.4, -0.2) is 23.7 Å². The van der Waals surface area contributed by atoms with Gasteiger partial charge in [-0.3, -0.25) is 14.3 Å². The van der Waals surface area contributed by atoms with Gasteiger partial charge >= 0.3 is 0 Å². The van der Waals surface area contributed by atoms with E-state index < -0.39 is 0 Å². The third-order valence-electron chi connectivity index (χ3n) is 11.3. The van der Waals surface area contributed by atoms with Gasteiger partial charge in [-0.05, 0) is 72.1 Å². The van der Waals surface area contributed by atoms with Gasteiger partial charge in [-0.15, -0.1) is 0 Å². The monoisotopic (exact) mass is 703 g/mol. The average Bonchev–Trinajstić information content (AvgIpc) is 3.76. The van der Waals surface area contributed by atoms with Crippen LogP contribution in [0.5, 0.6) is 0 Å². The van der Waals surface area contributed by atoms with Crippen molar-refractivity contribution in [2.75, 3.05) is 0 Å². The van der Waals surface area contributed by atoms with E-state index in [0.717, 1.165) is 93.1 Å². The molecule has 6 nitrogen and oxygen atoms in total. The summed E-state index contributed by atoms with van der Waals surface area (Å²) >= 11 is 0. The Balaban J connectivity index is 1.32. The van der Waals surface area contributed by atoms with Crippen molar-refractivity contribution in [3.63, 3.8) is 0 Å². The highest BCUT2D eigenvalue weighted by Gasteiger charge is 2.23. The number of nitrogens with zero attached hydrogens (tertiary/aromatic N) is 5. The first kappa shape index (κ1) is 29.9. The molecule has 0 fully saturated rings. The summed E-state index contributed by atoms with van der Waals surface area (Å²) < 4.78 is 6.41. The molecule has 0 spiro atoms. The molecular weight excluding hydrogens is 675 g/mol. The van der Waals surface area contributed by atoms with Gasteiger partial charge in [0.15, 0.2) is 0 Å². The van der Waals surface area contributed by atoms with Crippen molar-refractivity contribution in [3.05, 3.63) is 186 Å². The maximum absolute atomic E-state index is 15.7. The Morgan fingerprint density at radius 3 is 1.71 bits per heavy atom. The number of pyridine rings is 3. The molecule has 256 valence electrons. The molecule has 6 heteroatoms. The molecule has 0 aliphatic carbocycles. The normalized spacial score (nSPS) is 12.1. The Labute approximate surface area is 313 Å². The largest absolute Gasteiger partial charge is 0.309 e. The van der Waals surface area contributed by atoms with Crippen LogP contribution in [0, 0.1) is 0 Å². The van der Waals surface area contributed by atoms with Crippen LogP contribution in [0.2, 0.25) is 0 Å². The Hall–Kier alpha value is -7.57. The van der Waals surface area contributed by atoms with Crippen LogP contribution in [0.1, 0.15) is 0 Å². The van der Waals surface area contributed by atoms with E-state index in [1.54, 1.807) is 6.20 Å². The molecule has 5 heterocycles. The van der Waals surface area contributed by atoms with Gasteiger partial charge in [0.2, 0.25) is 0 Å². The molecule has 0 saturated carbocycles. The fourth-order valence-corrected chi connectivity index (χ4v) is 8.89. The van der Waals surface area contributed by atoms with Gasteiger partial charge < -0.3 is 9.13 Å². The van der Waals surface area contributed by atoms with Gasteiger partial charge in [0.1, 0.15) is 5.82 Å². The van der Waals surface area contributed by atoms with Crippen LogP contribution in [0.15, 0.2) is 181 Å². The minimum absolute atomic E-state index is 0.126. The Kier molecular flexibility index (Phi) is 6.11. The summed E-state index contributed by atoms with van der Waals surface area (Å²) in [6.45, 7) is 0. The molecule has 0 unspecified atom stereocenters. The Morgan fingerprint density at radius 2 is 0.964 bits per heavy atom. The van der Waals surface area contributed by atoms with E-state index in [9.17, 15) is 0 Å². The first-order chi connectivity index (χ1) is 27.2. The molecule has 0 amide bonds. The van der Waals surface area contributed by atoms with Gasteiger partial charge in [0, 0.05) is 55.3 Å². The zero-order chi connectivity index (χ0) is 36.2. The summed E-state index contributed by atoms with van der Waals surface area (Å²) in [6.07, 6.45) is 1.80. The molecule has 0 radical (unpaired) electrons. The summed E-state index contributed by atoms with van der Waals surface area (Å²) in [6, 6.07) is 58.7. The number of hydrogen-bond acceptors (Lipinski definition) is 3. The molecule has 12 rings (SSSR count). The lowest BCUT2D eigenvalue weighted by Crippen LogP contribution is -2.21. The molecular formula is C49H29N5O. The second kappa shape index (κ2) is 11.2. The van der Waals surface area contributed by atoms with E-state index in [2.05, 4.69) is 137 Å². The van der Waals surface area contributed by atoms with Crippen LogP contribution in [-0.2, 0) is 0 Å². The van der Waals surface area contributed by atoms with Crippen LogP contribution in [0.4, 0.5) is 0 Å². The molecule has 0 aliphatic heterocycles. The zero-order valence-electron chi connectivity index (χ0n) is 29.4. The Bertz CT molecular complexity index is 3620. The molecule has 55 heavy (non-hydrogen) atoms. The number of para-hydroxylation sites is 4. The fourth-order valence-electron chi connectivity index (χ4n) is 8.89. The third kappa shape index (κ3) is 4.16. The number of hydrogen-bond donors (Lipinski definition) is 0. The van der Waals surface area contributed by atoms with Gasteiger partial charge in [0.05, 0.1) is 44.0 Å². The van der Waals surface area contributed by atoms with Gasteiger partial charge in [-0.1, -0.05) is 103 Å². The predicted molar refractivity (Wildman–Crippen MR) is 226 cm³/mol. The van der Waals surface area contributed by atoms with Gasteiger partial charge in [-0.25, -0.2) is 4.98 Å². The molecule has 0 bridgehead atoms. The summed E-state index contributed by atoms with van der Waals surface area (Å²) in [5, 5.41) is 8.76. The smallest absolute Gasteiger partial charge is 0.266 e. The molecule has 0 saturated heterocycles. The first-order valence-electron chi connectivity index (χ1n) is 18.5. The predicted octanol–water partition coefficient (Wildman–Crippen LogP) is 11.4. The lowest BCUT2D eigenvalue weighted by Gasteiger charge is -2.16. The second-order valence-electron chi connectivity index (χ2n) is 14.2. The topological polar surface area (TPSA) is 57.6 Å². The van der Waals surface area contributed by atoms with Crippen LogP contribution >= 0.6 is 0 Å². The van der Waals surface area contributed by atoms with E-state index in [-0.39, 0.29) is 5.56 Å². The van der Waals surface area contributed by atoms with Crippen molar-refractivity contribution in [1.82, 2.24) is 23.7 Å². The zero-order valence-corrected chi connectivity index (χ0v) is 29.4. The number of benzene rings is 7. The van der Waals surface area contributed by atoms with E-state index in [0.29, 0.717) is 11.2 Å². The van der Waals surface area contributed by atoms with Crippen molar-refractivity contribution in [2.45, 2.75) is 0 Å². The first-order valence-corrected chi connectivity index (χ1v) is 18.5. The molecule has 12 aromatic rings. The minimum Gasteiger partial charge on any atom is -0.309 e. The highest BCUT2D eigenvalue weighted by atomic mass is 16.1. The lowest BCUT2D eigenvalue weighted by molar-refractivity contribution is 1.01. The van der Waals surface area contributed by atoms with E-state index in [1.807, 2.05) is 47.0 Å². The molecule has 0 N–H and O–H groups in total. The van der Waals surface area contributed by atoms with Crippen LogP contribution < -0.4 is 5.56 Å². The third-order valence-corrected chi connectivity index (χ3v) is 11.3. The maximum Gasteiger partial charge on any atom is 0.266 e. The van der Waals surface area contributed by atoms with Crippen molar-refractivity contribution >= 4 is 87.1 Å². The van der Waals surface area contributed by atoms with Crippen molar-refractivity contribution in [1.29, 1.82) is 0 Å². The summed E-state index contributed by atoms with van der Waals surface area (Å²) in [4.78, 5) is 25.8. The SMILES string of the molecule is O=c1c2c(ccc3c4ccccc4n(-c4ccccc4)c32)c2cc3c(cc2n1-c1ccc2ccc4cccnc4c2n1)c1ccccc1n3-c1ccccc1. The number of rotatable bonds is 3. The molecule has 5 aromatic heterocycles. The van der Waals surface area contributed by atoms with Crippen LogP contribution in [0.25, 0.3) is 104 Å². The number of fused-ring (bicyclic) bond motifs is 13. The minimum atomic E-state index is -0.126. The molecule has 7 aromatic carbocycles. The van der Waals surface area contributed by atoms with Crippen molar-refractivity contribution in [2.24, 2.45) is 0 Å². The van der Waals surface area contributed by atoms with Gasteiger partial charge in [0.25, 0.3) is 5.56 Å². The highest BCUT2D eigenvalue weighted by Crippen LogP contribution is 2.41. The van der Waals surface area contributed by atoms with E-state index in [4.69, 9.17) is 9.97 Å². The fraction of sp³-hybridized carbons (Fsp3) is 0. The molecule has 0 atom stereocenters. The van der Waals surface area contributed by atoms with Gasteiger partial charge in [-0.2, -0.15) is 0 Å². The van der Waals surface area contributed by atoms with Crippen molar-refractivity contribution in [3.8, 4) is 17.2 Å². The quantitative estimate of drug-likeness (QED) is 0.172. The summed E-state index contributed by atoms with van der Waals surface area (Å²) in [7, 11) is 0. The highest BCUT2D eigenvalue weighted by molar-refractivity contribution is 6.24. The molecule has 0 aliphatic rings. The van der Waals surface area contributed by atoms with Crippen LogP contribution in [0.3, 0.4) is 0 Å². The Morgan fingerprint density at radius 1 is 0.400 bits per heavy atom. The van der Waals surface area contributed by atoms with Crippen molar-refractivity contribution < 1.29 is 0 Å². The number of aromatic nitrogens is 5. The second-order valence-corrected chi connectivity index (χ2v) is 14.2. The standard InChI is InChI=1S/C49H29N5O/c55-49-45-36(24-25-37-34-17-7-10-20-41(34)53(48(37)45)33-15-5-2-6-16-33)39-29-42-38(35-18-8-9-19-40(35)52(42)32-13-3-1-4-14-32)28-43(39)54(49)44-26-23-31-22-21-30-12-11-27-50-46(30)47(31)51-44/h1-29H. The average molecular weight is 704 g/mol. The van der Waals surface area contributed by atoms with E-state index in [1.165, 1.54) is 0 Å². The maximum atomic E-state index is 15.7. The summed E-state index contributed by atoms with van der Waals surface area (Å²) in [5.41, 5.74) is 8.39.